The van der Waals surface area contributed by atoms with E-state index in [4.69, 9.17) is 9.47 Å². The van der Waals surface area contributed by atoms with E-state index in [0.29, 0.717) is 39.3 Å². The first-order valence-electron chi connectivity index (χ1n) is 7.64. The van der Waals surface area contributed by atoms with E-state index in [1.807, 2.05) is 0 Å². The largest absolute Gasteiger partial charge is 0.481 e. The van der Waals surface area contributed by atoms with E-state index in [9.17, 15) is 14.7 Å². The molecule has 0 aromatic rings. The molecule has 118 valence electrons. The summed E-state index contributed by atoms with van der Waals surface area (Å²) in [4.78, 5) is 26.4. The number of hydrogen-bond donors (Lipinski definition) is 1. The second kappa shape index (κ2) is 5.25. The second-order valence-corrected chi connectivity index (χ2v) is 6.74. The van der Waals surface area contributed by atoms with Crippen LogP contribution in [0.4, 0.5) is 0 Å². The van der Waals surface area contributed by atoms with Crippen LogP contribution < -0.4 is 0 Å². The summed E-state index contributed by atoms with van der Waals surface area (Å²) >= 11 is 0. The number of hydrogen-bond acceptors (Lipinski definition) is 4. The molecule has 0 aromatic heterocycles. The molecule has 1 saturated carbocycles. The maximum absolute atomic E-state index is 12.9. The van der Waals surface area contributed by atoms with E-state index in [-0.39, 0.29) is 11.8 Å². The fourth-order valence-electron chi connectivity index (χ4n) is 4.09. The molecule has 2 saturated heterocycles. The summed E-state index contributed by atoms with van der Waals surface area (Å²) < 4.78 is 10.7. The third-order valence-corrected chi connectivity index (χ3v) is 5.60. The van der Waals surface area contributed by atoms with Gasteiger partial charge >= 0.3 is 5.97 Å². The molecule has 21 heavy (non-hydrogen) atoms. The standard InChI is InChI=1S/C15H23NO5/c1-20-10-14(3-2-4-14)12(17)16-7-11-8-21-6-5-15(11,9-16)13(18)19/h11H,2-10H2,1H3,(H,18,19)/t11-,15+/m0/s1. The molecule has 1 amide bonds. The van der Waals surface area contributed by atoms with E-state index in [2.05, 4.69) is 0 Å². The van der Waals surface area contributed by atoms with Crippen molar-refractivity contribution >= 4 is 11.9 Å². The van der Waals surface area contributed by atoms with Crippen molar-refractivity contribution in [3.05, 3.63) is 0 Å². The minimum atomic E-state index is -0.814. The predicted molar refractivity (Wildman–Crippen MR) is 73.7 cm³/mol. The molecule has 3 rings (SSSR count). The number of amides is 1. The zero-order valence-corrected chi connectivity index (χ0v) is 12.5. The first-order chi connectivity index (χ1) is 10.0. The van der Waals surface area contributed by atoms with Crippen LogP contribution in [0.25, 0.3) is 0 Å². The highest BCUT2D eigenvalue weighted by atomic mass is 16.5. The van der Waals surface area contributed by atoms with Gasteiger partial charge in [-0.2, -0.15) is 0 Å². The van der Waals surface area contributed by atoms with E-state index in [0.717, 1.165) is 19.3 Å². The van der Waals surface area contributed by atoms with Crippen LogP contribution in [-0.4, -0.2) is 61.9 Å². The number of carbonyl (C=O) groups excluding carboxylic acids is 1. The Kier molecular flexibility index (Phi) is 3.69. The van der Waals surface area contributed by atoms with Crippen LogP contribution in [0.5, 0.6) is 0 Å². The number of carboxylic acid groups (broad SMARTS) is 1. The van der Waals surface area contributed by atoms with Gasteiger partial charge in [-0.15, -0.1) is 0 Å². The number of likely N-dealkylation sites (tertiary alicyclic amines) is 1. The smallest absolute Gasteiger partial charge is 0.311 e. The number of nitrogens with zero attached hydrogens (tertiary/aromatic N) is 1. The number of methoxy groups -OCH3 is 1. The summed E-state index contributed by atoms with van der Waals surface area (Å²) in [6, 6.07) is 0. The van der Waals surface area contributed by atoms with Gasteiger partial charge in [-0.05, 0) is 19.3 Å². The van der Waals surface area contributed by atoms with Gasteiger partial charge in [0.25, 0.3) is 0 Å². The van der Waals surface area contributed by atoms with Gasteiger partial charge in [-0.3, -0.25) is 9.59 Å². The number of ether oxygens (including phenoxy) is 2. The van der Waals surface area contributed by atoms with Gasteiger partial charge in [0, 0.05) is 32.7 Å². The Hall–Kier alpha value is -1.14. The zero-order chi connectivity index (χ0) is 15.1. The zero-order valence-electron chi connectivity index (χ0n) is 12.5. The quantitative estimate of drug-likeness (QED) is 0.829. The summed E-state index contributed by atoms with van der Waals surface area (Å²) in [5.74, 6) is -0.807. The van der Waals surface area contributed by atoms with Gasteiger partial charge in [0.15, 0.2) is 0 Å². The van der Waals surface area contributed by atoms with Crippen molar-refractivity contribution in [2.24, 2.45) is 16.7 Å². The molecule has 1 aliphatic carbocycles. The lowest BCUT2D eigenvalue weighted by atomic mass is 9.68. The van der Waals surface area contributed by atoms with Gasteiger partial charge < -0.3 is 19.5 Å². The summed E-state index contributed by atoms with van der Waals surface area (Å²) in [5, 5.41) is 9.66. The van der Waals surface area contributed by atoms with Crippen molar-refractivity contribution < 1.29 is 24.2 Å². The van der Waals surface area contributed by atoms with E-state index in [1.165, 1.54) is 0 Å². The third kappa shape index (κ3) is 2.16. The van der Waals surface area contributed by atoms with Gasteiger partial charge in [-0.25, -0.2) is 0 Å². The van der Waals surface area contributed by atoms with Crippen LogP contribution in [0.1, 0.15) is 25.7 Å². The fraction of sp³-hybridized carbons (Fsp3) is 0.867. The van der Waals surface area contributed by atoms with Crippen molar-refractivity contribution in [1.29, 1.82) is 0 Å². The summed E-state index contributed by atoms with van der Waals surface area (Å²) in [5.41, 5.74) is -1.23. The minimum Gasteiger partial charge on any atom is -0.481 e. The van der Waals surface area contributed by atoms with Gasteiger partial charge in [0.05, 0.1) is 24.0 Å². The van der Waals surface area contributed by atoms with Crippen LogP contribution in [0.3, 0.4) is 0 Å². The third-order valence-electron chi connectivity index (χ3n) is 5.60. The molecule has 3 fully saturated rings. The Morgan fingerprint density at radius 3 is 2.67 bits per heavy atom. The van der Waals surface area contributed by atoms with Crippen LogP contribution in [0.2, 0.25) is 0 Å². The Labute approximate surface area is 124 Å². The van der Waals surface area contributed by atoms with E-state index >= 15 is 0 Å². The average molecular weight is 297 g/mol. The lowest BCUT2D eigenvalue weighted by molar-refractivity contribution is -0.158. The van der Waals surface area contributed by atoms with Crippen molar-refractivity contribution in [2.75, 3.05) is 40.0 Å². The molecule has 2 aliphatic heterocycles. The lowest BCUT2D eigenvalue weighted by Gasteiger charge is -2.42. The van der Waals surface area contributed by atoms with Crippen molar-refractivity contribution in [1.82, 2.24) is 4.90 Å². The first kappa shape index (κ1) is 14.8. The highest BCUT2D eigenvalue weighted by Crippen LogP contribution is 2.47. The van der Waals surface area contributed by atoms with E-state index in [1.54, 1.807) is 12.0 Å². The summed E-state index contributed by atoms with van der Waals surface area (Å²) in [7, 11) is 1.61. The molecule has 2 atom stereocenters. The number of carbonyl (C=O) groups is 2. The Morgan fingerprint density at radius 2 is 2.14 bits per heavy atom. The fourth-order valence-corrected chi connectivity index (χ4v) is 4.09. The number of rotatable bonds is 4. The highest BCUT2D eigenvalue weighted by Gasteiger charge is 2.57. The van der Waals surface area contributed by atoms with Gasteiger partial charge in [-0.1, -0.05) is 6.42 Å². The van der Waals surface area contributed by atoms with Gasteiger partial charge in [0.1, 0.15) is 0 Å². The maximum atomic E-state index is 12.9. The molecule has 6 nitrogen and oxygen atoms in total. The molecular formula is C15H23NO5. The molecule has 1 N–H and O–H groups in total. The lowest BCUT2D eigenvalue weighted by Crippen LogP contribution is -2.50. The molecular weight excluding hydrogens is 274 g/mol. The molecule has 6 heteroatoms. The topological polar surface area (TPSA) is 76.1 Å². The molecule has 2 heterocycles. The molecule has 0 aromatic carbocycles. The highest BCUT2D eigenvalue weighted by molar-refractivity contribution is 5.86. The van der Waals surface area contributed by atoms with E-state index < -0.39 is 16.8 Å². The number of aliphatic carboxylic acids is 1. The minimum absolute atomic E-state index is 0.0747. The SMILES string of the molecule is COCC1(C(=O)N2C[C@H]3COCC[C@@]3(C(=O)O)C2)CCC1. The second-order valence-electron chi connectivity index (χ2n) is 6.74. The summed E-state index contributed by atoms with van der Waals surface area (Å²) in [6.45, 7) is 2.15. The Bertz CT molecular complexity index is 447. The average Bonchev–Trinajstić information content (AvgIpc) is 2.83. The first-order valence-corrected chi connectivity index (χ1v) is 7.64. The van der Waals surface area contributed by atoms with Crippen LogP contribution in [-0.2, 0) is 19.1 Å². The van der Waals surface area contributed by atoms with Crippen molar-refractivity contribution in [3.8, 4) is 0 Å². The van der Waals surface area contributed by atoms with Crippen LogP contribution >= 0.6 is 0 Å². The summed E-state index contributed by atoms with van der Waals surface area (Å²) in [6.07, 6.45) is 3.22. The van der Waals surface area contributed by atoms with Crippen LogP contribution in [0.15, 0.2) is 0 Å². The van der Waals surface area contributed by atoms with Crippen LogP contribution in [0, 0.1) is 16.7 Å². The normalized spacial score (nSPS) is 34.1. The Morgan fingerprint density at radius 1 is 1.38 bits per heavy atom. The number of fused-ring (bicyclic) bond motifs is 1. The number of carboxylic acids is 1. The molecule has 0 unspecified atom stereocenters. The monoisotopic (exact) mass is 297 g/mol. The molecule has 0 bridgehead atoms. The van der Waals surface area contributed by atoms with Crippen molar-refractivity contribution in [2.45, 2.75) is 25.7 Å². The molecule has 0 spiro atoms. The maximum Gasteiger partial charge on any atom is 0.311 e. The van der Waals surface area contributed by atoms with Crippen molar-refractivity contribution in [3.63, 3.8) is 0 Å². The Balaban J connectivity index is 1.79. The van der Waals surface area contributed by atoms with Gasteiger partial charge in [0.2, 0.25) is 5.91 Å². The predicted octanol–water partition coefficient (Wildman–Crippen LogP) is 0.753. The molecule has 0 radical (unpaired) electrons. The molecule has 3 aliphatic rings.